The molecule has 6 heteroatoms. The van der Waals surface area contributed by atoms with Crippen LogP contribution in [0.15, 0.2) is 0 Å². The topological polar surface area (TPSA) is 47.3 Å². The number of aliphatic hydroxyl groups is 1. The minimum Gasteiger partial charge on any atom is -0.390 e. The van der Waals surface area contributed by atoms with E-state index in [1.807, 2.05) is 11.6 Å². The zero-order valence-corrected chi connectivity index (χ0v) is 14.1. The lowest BCUT2D eigenvalue weighted by atomic mass is 10.4. The van der Waals surface area contributed by atoms with Gasteiger partial charge in [-0.1, -0.05) is 19.6 Å². The molecule has 1 N–H and O–H groups in total. The summed E-state index contributed by atoms with van der Waals surface area (Å²) in [4.78, 5) is 0. The van der Waals surface area contributed by atoms with E-state index in [2.05, 4.69) is 47.3 Å². The van der Waals surface area contributed by atoms with Crippen LogP contribution < -0.4 is 0 Å². The molecule has 1 aromatic heterocycles. The van der Waals surface area contributed by atoms with E-state index in [4.69, 9.17) is 9.84 Å². The zero-order valence-electron chi connectivity index (χ0n) is 11.0. The van der Waals surface area contributed by atoms with Gasteiger partial charge in [-0.25, -0.2) is 4.68 Å². The first-order chi connectivity index (χ1) is 7.85. The molecule has 0 bridgehead atoms. The van der Waals surface area contributed by atoms with E-state index in [1.165, 1.54) is 0 Å². The van der Waals surface area contributed by atoms with Gasteiger partial charge in [0.2, 0.25) is 0 Å². The van der Waals surface area contributed by atoms with Crippen molar-refractivity contribution in [3.63, 3.8) is 0 Å². The van der Waals surface area contributed by atoms with Gasteiger partial charge in [0, 0.05) is 14.7 Å². The lowest BCUT2D eigenvalue weighted by Crippen LogP contribution is -2.22. The molecule has 0 radical (unpaired) electrons. The average molecular weight is 368 g/mol. The number of aromatic nitrogens is 2. The summed E-state index contributed by atoms with van der Waals surface area (Å²) in [5, 5.41) is 13.4. The highest BCUT2D eigenvalue weighted by Gasteiger charge is 2.13. The van der Waals surface area contributed by atoms with Crippen molar-refractivity contribution in [3.8, 4) is 0 Å². The Kier molecular flexibility index (Phi) is 5.61. The van der Waals surface area contributed by atoms with Crippen LogP contribution in [-0.4, -0.2) is 29.6 Å². The Bertz CT molecular complexity index is 374. The third-order valence-corrected chi connectivity index (χ3v) is 5.67. The van der Waals surface area contributed by atoms with E-state index in [-0.39, 0.29) is 6.61 Å². The molecular weight excluding hydrogens is 347 g/mol. The van der Waals surface area contributed by atoms with Crippen LogP contribution in [0.2, 0.25) is 25.7 Å². The summed E-state index contributed by atoms with van der Waals surface area (Å²) in [5.74, 6) is 0. The minimum absolute atomic E-state index is 0.0129. The van der Waals surface area contributed by atoms with E-state index in [0.717, 1.165) is 27.6 Å². The highest BCUT2D eigenvalue weighted by molar-refractivity contribution is 14.1. The Morgan fingerprint density at radius 1 is 1.41 bits per heavy atom. The molecule has 1 aromatic rings. The number of hydrogen-bond donors (Lipinski definition) is 1. The van der Waals surface area contributed by atoms with Gasteiger partial charge in [-0.3, -0.25) is 0 Å². The predicted octanol–water partition coefficient (Wildman–Crippen LogP) is 2.60. The fourth-order valence-corrected chi connectivity index (χ4v) is 2.66. The molecule has 0 fully saturated rings. The number of halogens is 1. The van der Waals surface area contributed by atoms with E-state index in [9.17, 15) is 0 Å². The summed E-state index contributed by atoms with van der Waals surface area (Å²) >= 11 is 2.21. The molecule has 0 atom stereocenters. The second-order valence-corrected chi connectivity index (χ2v) is 12.1. The van der Waals surface area contributed by atoms with Crippen molar-refractivity contribution in [3.05, 3.63) is 15.0 Å². The Morgan fingerprint density at radius 2 is 2.06 bits per heavy atom. The number of nitrogens with zero attached hydrogens (tertiary/aromatic N) is 2. The van der Waals surface area contributed by atoms with Crippen LogP contribution in [0.1, 0.15) is 11.4 Å². The molecule has 0 saturated carbocycles. The van der Waals surface area contributed by atoms with Crippen molar-refractivity contribution in [1.82, 2.24) is 9.78 Å². The Morgan fingerprint density at radius 3 is 2.53 bits per heavy atom. The molecule has 1 heterocycles. The fourth-order valence-electron chi connectivity index (χ4n) is 1.34. The van der Waals surface area contributed by atoms with Crippen molar-refractivity contribution in [2.45, 2.75) is 45.9 Å². The molecule has 0 amide bonds. The van der Waals surface area contributed by atoms with Crippen LogP contribution in [0.5, 0.6) is 0 Å². The Labute approximate surface area is 118 Å². The second kappa shape index (κ2) is 6.30. The summed E-state index contributed by atoms with van der Waals surface area (Å²) < 4.78 is 8.48. The smallest absolute Gasteiger partial charge is 0.139 e. The molecule has 0 aliphatic heterocycles. The third-order valence-electron chi connectivity index (χ3n) is 2.56. The normalized spacial score (nSPS) is 12.1. The van der Waals surface area contributed by atoms with Gasteiger partial charge in [-0.15, -0.1) is 0 Å². The van der Waals surface area contributed by atoms with Gasteiger partial charge in [-0.2, -0.15) is 5.10 Å². The van der Waals surface area contributed by atoms with Crippen molar-refractivity contribution in [2.24, 2.45) is 0 Å². The van der Waals surface area contributed by atoms with Crippen molar-refractivity contribution in [2.75, 3.05) is 6.61 Å². The quantitative estimate of drug-likeness (QED) is 0.477. The van der Waals surface area contributed by atoms with Crippen molar-refractivity contribution >= 4 is 30.7 Å². The molecular formula is C11H21IN2O2Si. The first-order valence-electron chi connectivity index (χ1n) is 5.75. The van der Waals surface area contributed by atoms with Gasteiger partial charge in [0.05, 0.1) is 15.9 Å². The number of ether oxygens (including phenoxy) is 1. The molecule has 17 heavy (non-hydrogen) atoms. The maximum atomic E-state index is 9.12. The van der Waals surface area contributed by atoms with Gasteiger partial charge in [0.1, 0.15) is 12.4 Å². The van der Waals surface area contributed by atoms with Gasteiger partial charge >= 0.3 is 0 Å². The lowest BCUT2D eigenvalue weighted by Gasteiger charge is -2.15. The minimum atomic E-state index is -1.02. The number of hydrogen-bond acceptors (Lipinski definition) is 3. The SMILES string of the molecule is Cc1c(I)c(CO)nn1COCC[Si](C)(C)C. The highest BCUT2D eigenvalue weighted by Crippen LogP contribution is 2.16. The van der Waals surface area contributed by atoms with Crippen LogP contribution in [0.3, 0.4) is 0 Å². The molecule has 0 aliphatic carbocycles. The number of rotatable bonds is 6. The molecule has 98 valence electrons. The highest BCUT2D eigenvalue weighted by atomic mass is 127. The maximum absolute atomic E-state index is 9.12. The summed E-state index contributed by atoms with van der Waals surface area (Å²) in [7, 11) is -1.02. The van der Waals surface area contributed by atoms with Gasteiger partial charge in [0.15, 0.2) is 0 Å². The van der Waals surface area contributed by atoms with E-state index >= 15 is 0 Å². The van der Waals surface area contributed by atoms with E-state index < -0.39 is 8.07 Å². The maximum Gasteiger partial charge on any atom is 0.139 e. The van der Waals surface area contributed by atoms with E-state index in [1.54, 1.807) is 0 Å². The Balaban J connectivity index is 2.47. The largest absolute Gasteiger partial charge is 0.390 e. The van der Waals surface area contributed by atoms with Crippen LogP contribution in [-0.2, 0) is 18.1 Å². The van der Waals surface area contributed by atoms with Crippen LogP contribution in [0, 0.1) is 10.5 Å². The fraction of sp³-hybridized carbons (Fsp3) is 0.727. The molecule has 0 aliphatic rings. The zero-order chi connectivity index (χ0) is 13.1. The third kappa shape index (κ3) is 4.68. The van der Waals surface area contributed by atoms with Crippen LogP contribution in [0.4, 0.5) is 0 Å². The first-order valence-corrected chi connectivity index (χ1v) is 10.5. The summed E-state index contributed by atoms with van der Waals surface area (Å²) in [6.45, 7) is 10.3. The molecule has 0 aromatic carbocycles. The monoisotopic (exact) mass is 368 g/mol. The second-order valence-electron chi connectivity index (χ2n) is 5.35. The van der Waals surface area contributed by atoms with Gasteiger partial charge < -0.3 is 9.84 Å². The molecule has 1 rings (SSSR count). The lowest BCUT2D eigenvalue weighted by molar-refractivity contribution is 0.0764. The molecule has 0 unspecified atom stereocenters. The van der Waals surface area contributed by atoms with Gasteiger partial charge in [0.25, 0.3) is 0 Å². The first kappa shape index (κ1) is 15.1. The summed E-state index contributed by atoms with van der Waals surface area (Å²) in [6.07, 6.45) is 0. The predicted molar refractivity (Wildman–Crippen MR) is 79.7 cm³/mol. The molecule has 0 spiro atoms. The van der Waals surface area contributed by atoms with Crippen molar-refractivity contribution < 1.29 is 9.84 Å². The van der Waals surface area contributed by atoms with Crippen LogP contribution >= 0.6 is 22.6 Å². The van der Waals surface area contributed by atoms with Gasteiger partial charge in [-0.05, 0) is 35.6 Å². The summed E-state index contributed by atoms with van der Waals surface area (Å²) in [5.41, 5.74) is 1.79. The van der Waals surface area contributed by atoms with E-state index in [0.29, 0.717) is 6.73 Å². The summed E-state index contributed by atoms with van der Waals surface area (Å²) in [6, 6.07) is 1.16. The number of aliphatic hydroxyl groups excluding tert-OH is 1. The molecule has 0 saturated heterocycles. The average Bonchev–Trinajstić information content (AvgIpc) is 2.50. The molecule has 4 nitrogen and oxygen atoms in total. The van der Waals surface area contributed by atoms with Crippen molar-refractivity contribution in [1.29, 1.82) is 0 Å². The van der Waals surface area contributed by atoms with Crippen LogP contribution in [0.25, 0.3) is 0 Å². The standard InChI is InChI=1S/C11H21IN2O2Si/c1-9-11(12)10(7-15)13-14(9)8-16-5-6-17(2,3)4/h15H,5-8H2,1-4H3. The Hall–Kier alpha value is 0.0769.